The van der Waals surface area contributed by atoms with E-state index in [1.807, 2.05) is 6.92 Å². The molecule has 2 aromatic rings. The number of aromatic nitrogens is 2. The molecule has 0 saturated heterocycles. The van der Waals surface area contributed by atoms with Gasteiger partial charge in [0.15, 0.2) is 0 Å². The van der Waals surface area contributed by atoms with Gasteiger partial charge in [0, 0.05) is 12.6 Å². The molecule has 0 aliphatic rings. The molecular formula is C13H14FN3O. The van der Waals surface area contributed by atoms with Crippen LogP contribution in [0.4, 0.5) is 10.2 Å². The number of anilines is 1. The first-order valence-electron chi connectivity index (χ1n) is 5.69. The Bertz CT molecular complexity index is 546. The van der Waals surface area contributed by atoms with Gasteiger partial charge in [0.1, 0.15) is 17.4 Å². The fourth-order valence-electron chi connectivity index (χ4n) is 1.42. The summed E-state index contributed by atoms with van der Waals surface area (Å²) >= 11 is 0. The summed E-state index contributed by atoms with van der Waals surface area (Å²) in [6.07, 6.45) is 3.09. The molecule has 0 spiro atoms. The third-order valence-electron chi connectivity index (χ3n) is 2.34. The molecule has 5 heteroatoms. The zero-order chi connectivity index (χ0) is 13.0. The van der Waals surface area contributed by atoms with Gasteiger partial charge in [0.25, 0.3) is 0 Å². The minimum Gasteiger partial charge on any atom is -0.437 e. The van der Waals surface area contributed by atoms with E-state index in [-0.39, 0.29) is 5.82 Å². The van der Waals surface area contributed by atoms with Crippen LogP contribution < -0.4 is 10.1 Å². The van der Waals surface area contributed by atoms with E-state index < -0.39 is 0 Å². The molecule has 0 bridgehead atoms. The lowest BCUT2D eigenvalue weighted by atomic mass is 10.2. The molecule has 1 N–H and O–H groups in total. The standard InChI is InChI=1S/C13H14FN3O/c1-3-16-12-7-15-8-13(17-12)18-10-5-4-9(2)11(14)6-10/h4-8H,3H2,1-2H3,(H,16,17). The minimum atomic E-state index is -0.303. The quantitative estimate of drug-likeness (QED) is 0.901. The average Bonchev–Trinajstić information content (AvgIpc) is 2.35. The van der Waals surface area contributed by atoms with Crippen molar-refractivity contribution in [3.05, 3.63) is 42.0 Å². The molecule has 4 nitrogen and oxygen atoms in total. The maximum absolute atomic E-state index is 13.4. The summed E-state index contributed by atoms with van der Waals surface area (Å²) in [7, 11) is 0. The van der Waals surface area contributed by atoms with E-state index in [0.717, 1.165) is 6.54 Å². The van der Waals surface area contributed by atoms with Gasteiger partial charge in [-0.3, -0.25) is 4.98 Å². The number of nitrogens with zero attached hydrogens (tertiary/aromatic N) is 2. The van der Waals surface area contributed by atoms with Crippen LogP contribution in [-0.2, 0) is 0 Å². The first kappa shape index (κ1) is 12.3. The summed E-state index contributed by atoms with van der Waals surface area (Å²) in [5.41, 5.74) is 0.579. The highest BCUT2D eigenvalue weighted by molar-refractivity contribution is 5.35. The zero-order valence-corrected chi connectivity index (χ0v) is 10.3. The molecule has 0 fully saturated rings. The second-order valence-electron chi connectivity index (χ2n) is 3.79. The number of ether oxygens (including phenoxy) is 1. The number of hydrogen-bond donors (Lipinski definition) is 1. The molecule has 0 amide bonds. The van der Waals surface area contributed by atoms with E-state index in [4.69, 9.17) is 4.74 Å². The van der Waals surface area contributed by atoms with Gasteiger partial charge in [0.2, 0.25) is 5.88 Å². The van der Waals surface area contributed by atoms with Crippen LogP contribution in [0, 0.1) is 12.7 Å². The Labute approximate surface area is 105 Å². The van der Waals surface area contributed by atoms with Crippen LogP contribution in [0.2, 0.25) is 0 Å². The second kappa shape index (κ2) is 5.44. The van der Waals surface area contributed by atoms with Gasteiger partial charge >= 0.3 is 0 Å². The Morgan fingerprint density at radius 1 is 1.33 bits per heavy atom. The van der Waals surface area contributed by atoms with E-state index in [0.29, 0.717) is 23.0 Å². The number of rotatable bonds is 4. The van der Waals surface area contributed by atoms with Crippen molar-refractivity contribution in [1.82, 2.24) is 9.97 Å². The monoisotopic (exact) mass is 247 g/mol. The van der Waals surface area contributed by atoms with Gasteiger partial charge in [-0.05, 0) is 25.5 Å². The predicted molar refractivity (Wildman–Crippen MR) is 67.4 cm³/mol. The predicted octanol–water partition coefficient (Wildman–Crippen LogP) is 3.15. The molecule has 0 aliphatic carbocycles. The topological polar surface area (TPSA) is 47.0 Å². The number of hydrogen-bond acceptors (Lipinski definition) is 4. The van der Waals surface area contributed by atoms with Crippen LogP contribution in [0.3, 0.4) is 0 Å². The van der Waals surface area contributed by atoms with Crippen molar-refractivity contribution in [2.45, 2.75) is 13.8 Å². The van der Waals surface area contributed by atoms with Crippen molar-refractivity contribution in [2.24, 2.45) is 0 Å². The highest BCUT2D eigenvalue weighted by Crippen LogP contribution is 2.22. The van der Waals surface area contributed by atoms with E-state index >= 15 is 0 Å². The molecule has 1 heterocycles. The van der Waals surface area contributed by atoms with Gasteiger partial charge in [-0.15, -0.1) is 0 Å². The third-order valence-corrected chi connectivity index (χ3v) is 2.34. The Morgan fingerprint density at radius 2 is 2.17 bits per heavy atom. The number of aryl methyl sites for hydroxylation is 1. The lowest BCUT2D eigenvalue weighted by Crippen LogP contribution is -2.00. The van der Waals surface area contributed by atoms with Gasteiger partial charge < -0.3 is 10.1 Å². The largest absolute Gasteiger partial charge is 0.437 e. The van der Waals surface area contributed by atoms with E-state index in [1.165, 1.54) is 12.3 Å². The van der Waals surface area contributed by atoms with Gasteiger partial charge in [-0.2, -0.15) is 4.98 Å². The van der Waals surface area contributed by atoms with Crippen molar-refractivity contribution in [3.8, 4) is 11.6 Å². The van der Waals surface area contributed by atoms with Crippen molar-refractivity contribution in [3.63, 3.8) is 0 Å². The molecule has 1 aromatic carbocycles. The third kappa shape index (κ3) is 2.94. The summed E-state index contributed by atoms with van der Waals surface area (Å²) < 4.78 is 18.8. The highest BCUT2D eigenvalue weighted by atomic mass is 19.1. The molecule has 0 aliphatic heterocycles. The summed E-state index contributed by atoms with van der Waals surface area (Å²) in [5, 5.41) is 3.03. The number of nitrogens with one attached hydrogen (secondary N) is 1. The fraction of sp³-hybridized carbons (Fsp3) is 0.231. The van der Waals surface area contributed by atoms with Gasteiger partial charge in [-0.25, -0.2) is 4.39 Å². The molecule has 0 unspecified atom stereocenters. The molecule has 0 atom stereocenters. The molecule has 94 valence electrons. The Kier molecular flexibility index (Phi) is 3.72. The summed E-state index contributed by atoms with van der Waals surface area (Å²) in [6, 6.07) is 4.68. The summed E-state index contributed by atoms with van der Waals surface area (Å²) in [6.45, 7) is 4.41. The Balaban J connectivity index is 2.17. The molecule has 2 rings (SSSR count). The van der Waals surface area contributed by atoms with Crippen molar-refractivity contribution in [2.75, 3.05) is 11.9 Å². The normalized spacial score (nSPS) is 10.2. The lowest BCUT2D eigenvalue weighted by molar-refractivity contribution is 0.455. The highest BCUT2D eigenvalue weighted by Gasteiger charge is 2.04. The second-order valence-corrected chi connectivity index (χ2v) is 3.79. The van der Waals surface area contributed by atoms with Crippen LogP contribution in [0.25, 0.3) is 0 Å². The van der Waals surface area contributed by atoms with Crippen molar-refractivity contribution >= 4 is 5.82 Å². The van der Waals surface area contributed by atoms with Crippen LogP contribution >= 0.6 is 0 Å². The summed E-state index contributed by atoms with van der Waals surface area (Å²) in [5.74, 6) is 1.06. The van der Waals surface area contributed by atoms with Crippen molar-refractivity contribution in [1.29, 1.82) is 0 Å². The Morgan fingerprint density at radius 3 is 2.89 bits per heavy atom. The van der Waals surface area contributed by atoms with Crippen molar-refractivity contribution < 1.29 is 9.13 Å². The first-order valence-corrected chi connectivity index (χ1v) is 5.69. The fourth-order valence-corrected chi connectivity index (χ4v) is 1.42. The Hall–Kier alpha value is -2.17. The average molecular weight is 247 g/mol. The first-order chi connectivity index (χ1) is 8.69. The van der Waals surface area contributed by atoms with Crippen LogP contribution in [0.1, 0.15) is 12.5 Å². The molecular weight excluding hydrogens is 233 g/mol. The zero-order valence-electron chi connectivity index (χ0n) is 10.3. The maximum Gasteiger partial charge on any atom is 0.239 e. The smallest absolute Gasteiger partial charge is 0.239 e. The molecule has 18 heavy (non-hydrogen) atoms. The maximum atomic E-state index is 13.4. The van der Waals surface area contributed by atoms with Crippen LogP contribution in [-0.4, -0.2) is 16.5 Å². The van der Waals surface area contributed by atoms with Crippen LogP contribution in [0.5, 0.6) is 11.6 Å². The van der Waals surface area contributed by atoms with E-state index in [1.54, 1.807) is 25.3 Å². The number of halogens is 1. The van der Waals surface area contributed by atoms with E-state index in [2.05, 4.69) is 15.3 Å². The lowest BCUT2D eigenvalue weighted by Gasteiger charge is -2.07. The van der Waals surface area contributed by atoms with Gasteiger partial charge in [-0.1, -0.05) is 6.07 Å². The molecule has 1 aromatic heterocycles. The summed E-state index contributed by atoms with van der Waals surface area (Å²) in [4.78, 5) is 8.19. The van der Waals surface area contributed by atoms with Crippen LogP contribution in [0.15, 0.2) is 30.6 Å². The molecule has 0 radical (unpaired) electrons. The minimum absolute atomic E-state index is 0.303. The SMILES string of the molecule is CCNc1cncc(Oc2ccc(C)c(F)c2)n1. The number of benzene rings is 1. The molecule has 0 saturated carbocycles. The van der Waals surface area contributed by atoms with Gasteiger partial charge in [0.05, 0.1) is 12.4 Å². The van der Waals surface area contributed by atoms with E-state index in [9.17, 15) is 4.39 Å².